The fraction of sp³-hybridized carbons (Fsp3) is 0.345. The fourth-order valence-electron chi connectivity index (χ4n) is 4.73. The molecule has 1 saturated heterocycles. The van der Waals surface area contributed by atoms with Gasteiger partial charge >= 0.3 is 6.09 Å². The molecule has 3 heterocycles. The SMILES string of the molecule is CCc1cnc2c(=O)c3c(Cl)cccc3oc2c1-c1ccc(N2CCN(C(=O)OC(C)(C)C)CC2)cc1. The summed E-state index contributed by atoms with van der Waals surface area (Å²) in [5.74, 6) is 0. The number of pyridine rings is 1. The molecule has 0 unspecified atom stereocenters. The Kier molecular flexibility index (Phi) is 6.58. The lowest BCUT2D eigenvalue weighted by molar-refractivity contribution is 0.0240. The summed E-state index contributed by atoms with van der Waals surface area (Å²) in [6, 6.07) is 13.4. The molecule has 0 saturated carbocycles. The van der Waals surface area contributed by atoms with E-state index < -0.39 is 5.60 Å². The number of fused-ring (bicyclic) bond motifs is 2. The number of amides is 1. The van der Waals surface area contributed by atoms with Crippen LogP contribution in [0.2, 0.25) is 5.02 Å². The molecule has 7 nitrogen and oxygen atoms in total. The van der Waals surface area contributed by atoms with Crippen molar-refractivity contribution in [1.82, 2.24) is 9.88 Å². The molecule has 1 fully saturated rings. The standard InChI is InChI=1S/C29H30ClN3O4/c1-5-18-17-31-25-26(34)24-21(30)7-6-8-22(24)36-27(25)23(18)19-9-11-20(12-10-19)32-13-15-33(16-14-32)28(35)37-29(2,3)4/h6-12,17H,5,13-16H2,1-4H3. The van der Waals surface area contributed by atoms with Gasteiger partial charge in [-0.1, -0.05) is 36.7 Å². The van der Waals surface area contributed by atoms with E-state index in [1.807, 2.05) is 32.9 Å². The van der Waals surface area contributed by atoms with Gasteiger partial charge in [-0.15, -0.1) is 0 Å². The van der Waals surface area contributed by atoms with Gasteiger partial charge in [-0.2, -0.15) is 0 Å². The first kappa shape index (κ1) is 25.1. The van der Waals surface area contributed by atoms with Gasteiger partial charge in [0.2, 0.25) is 5.43 Å². The highest BCUT2D eigenvalue weighted by Crippen LogP contribution is 2.34. The molecule has 0 atom stereocenters. The first-order valence-corrected chi connectivity index (χ1v) is 12.9. The minimum absolute atomic E-state index is 0.231. The van der Waals surface area contributed by atoms with Crippen LogP contribution in [0, 0.1) is 0 Å². The molecule has 1 aliphatic heterocycles. The monoisotopic (exact) mass is 519 g/mol. The molecule has 2 aromatic heterocycles. The quantitative estimate of drug-likeness (QED) is 0.296. The minimum atomic E-state index is -0.504. The lowest BCUT2D eigenvalue weighted by Crippen LogP contribution is -2.50. The second-order valence-electron chi connectivity index (χ2n) is 10.2. The summed E-state index contributed by atoms with van der Waals surface area (Å²) >= 11 is 6.30. The van der Waals surface area contributed by atoms with Crippen LogP contribution >= 0.6 is 11.6 Å². The Hall–Kier alpha value is -3.58. The van der Waals surface area contributed by atoms with E-state index in [0.29, 0.717) is 34.7 Å². The Morgan fingerprint density at radius 2 is 1.78 bits per heavy atom. The van der Waals surface area contributed by atoms with E-state index in [-0.39, 0.29) is 17.0 Å². The number of ether oxygens (including phenoxy) is 1. The van der Waals surface area contributed by atoms with Crippen molar-refractivity contribution in [3.05, 3.63) is 69.5 Å². The molecule has 0 spiro atoms. The molecule has 0 bridgehead atoms. The number of anilines is 1. The first-order valence-electron chi connectivity index (χ1n) is 12.5. The van der Waals surface area contributed by atoms with Crippen molar-refractivity contribution in [2.24, 2.45) is 0 Å². The highest BCUT2D eigenvalue weighted by Gasteiger charge is 2.26. The van der Waals surface area contributed by atoms with Crippen molar-refractivity contribution in [3.63, 3.8) is 0 Å². The number of hydrogen-bond donors (Lipinski definition) is 0. The maximum absolute atomic E-state index is 13.3. The predicted molar refractivity (Wildman–Crippen MR) is 148 cm³/mol. The second-order valence-corrected chi connectivity index (χ2v) is 10.6. The Morgan fingerprint density at radius 3 is 2.43 bits per heavy atom. The van der Waals surface area contributed by atoms with E-state index in [0.717, 1.165) is 41.9 Å². The van der Waals surface area contributed by atoms with Crippen LogP contribution in [-0.2, 0) is 11.2 Å². The lowest BCUT2D eigenvalue weighted by Gasteiger charge is -2.36. The van der Waals surface area contributed by atoms with Gasteiger partial charge in [-0.3, -0.25) is 4.79 Å². The minimum Gasteiger partial charge on any atom is -0.453 e. The van der Waals surface area contributed by atoms with Crippen molar-refractivity contribution >= 4 is 45.5 Å². The maximum atomic E-state index is 13.3. The second kappa shape index (κ2) is 9.71. The van der Waals surface area contributed by atoms with E-state index >= 15 is 0 Å². The molecule has 0 N–H and O–H groups in total. The molecular formula is C29H30ClN3O4. The van der Waals surface area contributed by atoms with Crippen molar-refractivity contribution in [3.8, 4) is 11.1 Å². The highest BCUT2D eigenvalue weighted by molar-refractivity contribution is 6.35. The van der Waals surface area contributed by atoms with E-state index in [4.69, 9.17) is 20.8 Å². The molecule has 5 rings (SSSR count). The molecule has 192 valence electrons. The topological polar surface area (TPSA) is 75.9 Å². The Balaban J connectivity index is 1.45. The zero-order chi connectivity index (χ0) is 26.3. The van der Waals surface area contributed by atoms with Gasteiger partial charge in [0.25, 0.3) is 0 Å². The number of hydrogen-bond acceptors (Lipinski definition) is 6. The van der Waals surface area contributed by atoms with Crippen molar-refractivity contribution in [2.45, 2.75) is 39.7 Å². The van der Waals surface area contributed by atoms with Crippen LogP contribution in [0.5, 0.6) is 0 Å². The number of aryl methyl sites for hydroxylation is 1. The number of piperazine rings is 1. The largest absolute Gasteiger partial charge is 0.453 e. The van der Waals surface area contributed by atoms with E-state index in [9.17, 15) is 9.59 Å². The predicted octanol–water partition coefficient (Wildman–Crippen LogP) is 6.28. The van der Waals surface area contributed by atoms with Crippen molar-refractivity contribution in [1.29, 1.82) is 0 Å². The summed E-state index contributed by atoms with van der Waals surface area (Å²) < 4.78 is 11.8. The summed E-state index contributed by atoms with van der Waals surface area (Å²) in [5.41, 5.74) is 4.34. The van der Waals surface area contributed by atoms with Crippen LogP contribution in [0.4, 0.5) is 10.5 Å². The summed E-state index contributed by atoms with van der Waals surface area (Å²) in [7, 11) is 0. The number of carbonyl (C=O) groups is 1. The van der Waals surface area contributed by atoms with E-state index in [1.54, 1.807) is 29.3 Å². The number of carbonyl (C=O) groups excluding carboxylic acids is 1. The molecule has 37 heavy (non-hydrogen) atoms. The third kappa shape index (κ3) is 4.88. The van der Waals surface area contributed by atoms with Crippen molar-refractivity contribution < 1.29 is 13.9 Å². The Morgan fingerprint density at radius 1 is 1.08 bits per heavy atom. The molecule has 8 heteroatoms. The van der Waals surface area contributed by atoms with Crippen molar-refractivity contribution in [2.75, 3.05) is 31.1 Å². The summed E-state index contributed by atoms with van der Waals surface area (Å²) in [4.78, 5) is 34.1. The van der Waals surface area contributed by atoms with Crippen LogP contribution < -0.4 is 10.3 Å². The van der Waals surface area contributed by atoms with Gasteiger partial charge in [0, 0.05) is 43.6 Å². The van der Waals surface area contributed by atoms with Gasteiger partial charge in [0.15, 0.2) is 11.1 Å². The van der Waals surface area contributed by atoms with Gasteiger partial charge in [-0.05, 0) is 62.6 Å². The fourth-order valence-corrected chi connectivity index (χ4v) is 4.98. The van der Waals surface area contributed by atoms with Gasteiger partial charge in [-0.25, -0.2) is 9.78 Å². The molecule has 2 aromatic carbocycles. The number of nitrogens with zero attached hydrogens (tertiary/aromatic N) is 3. The van der Waals surface area contributed by atoms with Gasteiger partial charge in [0.05, 0.1) is 10.4 Å². The normalized spacial score (nSPS) is 14.4. The Labute approximate surface area is 220 Å². The van der Waals surface area contributed by atoms with E-state index in [1.165, 1.54) is 0 Å². The third-order valence-corrected chi connectivity index (χ3v) is 6.89. The highest BCUT2D eigenvalue weighted by atomic mass is 35.5. The Bertz CT molecular complexity index is 1530. The smallest absolute Gasteiger partial charge is 0.410 e. The van der Waals surface area contributed by atoms with E-state index in [2.05, 4.69) is 28.9 Å². The zero-order valence-corrected chi connectivity index (χ0v) is 22.3. The van der Waals surface area contributed by atoms with Crippen LogP contribution in [0.1, 0.15) is 33.3 Å². The third-order valence-electron chi connectivity index (χ3n) is 6.58. The first-order chi connectivity index (χ1) is 17.7. The maximum Gasteiger partial charge on any atom is 0.410 e. The number of halogens is 1. The van der Waals surface area contributed by atoms with Crippen LogP contribution in [-0.4, -0.2) is 47.8 Å². The zero-order valence-electron chi connectivity index (χ0n) is 21.5. The lowest BCUT2D eigenvalue weighted by atomic mass is 9.97. The molecule has 0 aliphatic carbocycles. The molecule has 1 aliphatic rings. The average molecular weight is 520 g/mol. The van der Waals surface area contributed by atoms with Crippen LogP contribution in [0.25, 0.3) is 33.2 Å². The average Bonchev–Trinajstić information content (AvgIpc) is 2.87. The number of rotatable bonds is 3. The number of aromatic nitrogens is 1. The number of benzene rings is 2. The molecular weight excluding hydrogens is 490 g/mol. The summed E-state index contributed by atoms with van der Waals surface area (Å²) in [6.45, 7) is 10.3. The summed E-state index contributed by atoms with van der Waals surface area (Å²) in [6.07, 6.45) is 2.22. The van der Waals surface area contributed by atoms with Crippen LogP contribution in [0.3, 0.4) is 0 Å². The summed E-state index contributed by atoms with van der Waals surface area (Å²) in [5, 5.41) is 0.701. The van der Waals surface area contributed by atoms with Crippen LogP contribution in [0.15, 0.2) is 57.9 Å². The molecule has 4 aromatic rings. The molecule has 1 amide bonds. The van der Waals surface area contributed by atoms with Gasteiger partial charge in [0.1, 0.15) is 11.2 Å². The van der Waals surface area contributed by atoms with Gasteiger partial charge < -0.3 is 19.0 Å². The molecule has 0 radical (unpaired) electrons.